The third-order valence-electron chi connectivity index (χ3n) is 2.15. The van der Waals surface area contributed by atoms with E-state index >= 15 is 0 Å². The third-order valence-corrected chi connectivity index (χ3v) is 2.15. The van der Waals surface area contributed by atoms with Crippen LogP contribution in [0.25, 0.3) is 0 Å². The van der Waals surface area contributed by atoms with E-state index in [2.05, 4.69) is 20.6 Å². The van der Waals surface area contributed by atoms with Gasteiger partial charge in [0.1, 0.15) is 0 Å². The molecule has 1 aliphatic rings. The zero-order valence-corrected chi connectivity index (χ0v) is 7.48. The van der Waals surface area contributed by atoms with Crippen molar-refractivity contribution < 1.29 is 4.79 Å². The predicted molar refractivity (Wildman–Crippen MR) is 47.4 cm³/mol. The Labute approximate surface area is 75.9 Å². The fraction of sp³-hybridized carbons (Fsp3) is 0.500. The van der Waals surface area contributed by atoms with Gasteiger partial charge in [-0.05, 0) is 0 Å². The summed E-state index contributed by atoms with van der Waals surface area (Å²) in [6, 6.07) is 0. The Balaban J connectivity index is 2.30. The summed E-state index contributed by atoms with van der Waals surface area (Å²) in [5.41, 5.74) is 2.04. The van der Waals surface area contributed by atoms with Crippen molar-refractivity contribution in [2.45, 2.75) is 13.0 Å². The van der Waals surface area contributed by atoms with Crippen LogP contribution in [0.3, 0.4) is 0 Å². The minimum Gasteiger partial charge on any atom is -0.352 e. The molecule has 0 fully saturated rings. The van der Waals surface area contributed by atoms with Gasteiger partial charge in [0.2, 0.25) is 0 Å². The molecule has 0 spiro atoms. The van der Waals surface area contributed by atoms with Crippen LogP contribution in [0, 0.1) is 0 Å². The third kappa shape index (κ3) is 1.42. The Hall–Kier alpha value is -1.36. The number of H-pyrrole nitrogens is 1. The number of nitrogens with zero attached hydrogens (tertiary/aromatic N) is 1. The Kier molecular flexibility index (Phi) is 2.02. The lowest BCUT2D eigenvalue weighted by molar-refractivity contribution is 0.0953. The minimum atomic E-state index is -0.158. The summed E-state index contributed by atoms with van der Waals surface area (Å²) < 4.78 is 0. The Morgan fingerprint density at radius 3 is 3.15 bits per heavy atom. The van der Waals surface area contributed by atoms with Gasteiger partial charge in [0.15, 0.2) is 5.82 Å². The maximum atomic E-state index is 11.2. The average molecular weight is 180 g/mol. The van der Waals surface area contributed by atoms with Crippen molar-refractivity contribution in [2.75, 3.05) is 13.6 Å². The Morgan fingerprint density at radius 2 is 2.46 bits per heavy atom. The molecule has 5 heteroatoms. The molecule has 0 aromatic carbocycles. The van der Waals surface area contributed by atoms with E-state index < -0.39 is 0 Å². The van der Waals surface area contributed by atoms with Gasteiger partial charge in [-0.25, -0.2) is 4.98 Å². The van der Waals surface area contributed by atoms with E-state index in [1.54, 1.807) is 7.05 Å². The second kappa shape index (κ2) is 3.18. The van der Waals surface area contributed by atoms with Crippen LogP contribution in [0.1, 0.15) is 22.0 Å². The molecule has 1 aliphatic heterocycles. The first-order chi connectivity index (χ1) is 6.31. The summed E-state index contributed by atoms with van der Waals surface area (Å²) in [5, 5.41) is 5.75. The van der Waals surface area contributed by atoms with Crippen LogP contribution in [0.15, 0.2) is 0 Å². The molecule has 5 nitrogen and oxygen atoms in total. The van der Waals surface area contributed by atoms with Crippen molar-refractivity contribution in [3.05, 3.63) is 17.2 Å². The molecule has 0 bridgehead atoms. The Morgan fingerprint density at radius 1 is 1.62 bits per heavy atom. The molecule has 1 aromatic heterocycles. The molecule has 1 aromatic rings. The summed E-state index contributed by atoms with van der Waals surface area (Å²) in [6.45, 7) is 1.71. The van der Waals surface area contributed by atoms with Gasteiger partial charge in [-0.15, -0.1) is 0 Å². The van der Waals surface area contributed by atoms with Crippen molar-refractivity contribution in [1.82, 2.24) is 20.6 Å². The summed E-state index contributed by atoms with van der Waals surface area (Å²) in [6.07, 6.45) is 0.892. The summed E-state index contributed by atoms with van der Waals surface area (Å²) in [7, 11) is 1.60. The van der Waals surface area contributed by atoms with Gasteiger partial charge in [-0.1, -0.05) is 0 Å². The molecule has 0 saturated carbocycles. The number of fused-ring (bicyclic) bond motifs is 1. The van der Waals surface area contributed by atoms with E-state index in [9.17, 15) is 4.79 Å². The van der Waals surface area contributed by atoms with Gasteiger partial charge in [0.05, 0.1) is 11.4 Å². The molecular weight excluding hydrogens is 168 g/mol. The van der Waals surface area contributed by atoms with Crippen molar-refractivity contribution in [2.24, 2.45) is 0 Å². The van der Waals surface area contributed by atoms with Crippen LogP contribution in [0.5, 0.6) is 0 Å². The number of hydrogen-bond donors (Lipinski definition) is 3. The van der Waals surface area contributed by atoms with Gasteiger partial charge in [-0.2, -0.15) is 0 Å². The summed E-state index contributed by atoms with van der Waals surface area (Å²) >= 11 is 0. The van der Waals surface area contributed by atoms with Gasteiger partial charge >= 0.3 is 0 Å². The fourth-order valence-electron chi connectivity index (χ4n) is 1.44. The minimum absolute atomic E-state index is 0.158. The van der Waals surface area contributed by atoms with E-state index in [-0.39, 0.29) is 5.91 Å². The molecule has 0 saturated heterocycles. The molecule has 70 valence electrons. The zero-order valence-electron chi connectivity index (χ0n) is 7.48. The monoisotopic (exact) mass is 180 g/mol. The van der Waals surface area contributed by atoms with Crippen LogP contribution in [-0.4, -0.2) is 29.5 Å². The average Bonchev–Trinajstić information content (AvgIpc) is 2.59. The molecule has 13 heavy (non-hydrogen) atoms. The normalized spacial score (nSPS) is 15.2. The molecule has 0 atom stereocenters. The quantitative estimate of drug-likeness (QED) is 0.541. The molecular formula is C8H12N4O. The van der Waals surface area contributed by atoms with Crippen LogP contribution < -0.4 is 10.6 Å². The number of hydrogen-bond acceptors (Lipinski definition) is 3. The number of carbonyl (C=O) groups excluding carboxylic acids is 1. The molecule has 3 N–H and O–H groups in total. The first-order valence-corrected chi connectivity index (χ1v) is 4.32. The maximum absolute atomic E-state index is 11.2. The van der Waals surface area contributed by atoms with Crippen LogP contribution in [0.2, 0.25) is 0 Å². The maximum Gasteiger partial charge on any atom is 0.286 e. The van der Waals surface area contributed by atoms with Gasteiger partial charge < -0.3 is 15.6 Å². The largest absolute Gasteiger partial charge is 0.352 e. The first kappa shape index (κ1) is 8.25. The van der Waals surface area contributed by atoms with Crippen molar-refractivity contribution >= 4 is 5.91 Å². The number of aromatic amines is 1. The SMILES string of the molecule is CNC(=O)c1nc2c([nH]1)CNCC2. The second-order valence-corrected chi connectivity index (χ2v) is 3.02. The highest BCUT2D eigenvalue weighted by Gasteiger charge is 2.16. The summed E-state index contributed by atoms with van der Waals surface area (Å²) in [5.74, 6) is 0.255. The second-order valence-electron chi connectivity index (χ2n) is 3.02. The van der Waals surface area contributed by atoms with Crippen LogP contribution >= 0.6 is 0 Å². The first-order valence-electron chi connectivity index (χ1n) is 4.32. The number of nitrogens with one attached hydrogen (secondary N) is 3. The molecule has 2 rings (SSSR count). The fourth-order valence-corrected chi connectivity index (χ4v) is 1.44. The molecule has 0 unspecified atom stereocenters. The van der Waals surface area contributed by atoms with Gasteiger partial charge in [0.25, 0.3) is 5.91 Å². The van der Waals surface area contributed by atoms with E-state index in [0.717, 1.165) is 30.9 Å². The number of rotatable bonds is 1. The lowest BCUT2D eigenvalue weighted by atomic mass is 10.2. The molecule has 0 aliphatic carbocycles. The lowest BCUT2D eigenvalue weighted by Crippen LogP contribution is -2.23. The van der Waals surface area contributed by atoms with Crippen molar-refractivity contribution in [3.63, 3.8) is 0 Å². The highest BCUT2D eigenvalue weighted by Crippen LogP contribution is 2.10. The standard InChI is InChI=1S/C8H12N4O/c1-9-8(13)7-11-5-2-3-10-4-6(5)12-7/h10H,2-4H2,1H3,(H,9,13)(H,11,12). The van der Waals surface area contributed by atoms with E-state index in [4.69, 9.17) is 0 Å². The summed E-state index contributed by atoms with van der Waals surface area (Å²) in [4.78, 5) is 18.4. The van der Waals surface area contributed by atoms with Crippen LogP contribution in [0.4, 0.5) is 0 Å². The topological polar surface area (TPSA) is 69.8 Å². The molecule has 2 heterocycles. The lowest BCUT2D eigenvalue weighted by Gasteiger charge is -2.09. The molecule has 1 amide bonds. The highest BCUT2D eigenvalue weighted by molar-refractivity contribution is 5.90. The van der Waals surface area contributed by atoms with Crippen molar-refractivity contribution in [3.8, 4) is 0 Å². The van der Waals surface area contributed by atoms with Crippen LogP contribution in [-0.2, 0) is 13.0 Å². The number of carbonyl (C=O) groups is 1. The van der Waals surface area contributed by atoms with E-state index in [1.165, 1.54) is 0 Å². The smallest absolute Gasteiger partial charge is 0.286 e. The number of amides is 1. The highest BCUT2D eigenvalue weighted by atomic mass is 16.2. The molecule has 0 radical (unpaired) electrons. The number of imidazole rings is 1. The Bertz CT molecular complexity index is 307. The van der Waals surface area contributed by atoms with E-state index in [1.807, 2.05) is 0 Å². The zero-order chi connectivity index (χ0) is 9.26. The predicted octanol–water partition coefficient (Wildman–Crippen LogP) is -0.585. The van der Waals surface area contributed by atoms with Gasteiger partial charge in [-0.3, -0.25) is 4.79 Å². The van der Waals surface area contributed by atoms with E-state index in [0.29, 0.717) is 5.82 Å². The van der Waals surface area contributed by atoms with Gasteiger partial charge in [0, 0.05) is 26.6 Å². The van der Waals surface area contributed by atoms with Crippen molar-refractivity contribution in [1.29, 1.82) is 0 Å². The number of aromatic nitrogens is 2.